The predicted molar refractivity (Wildman–Crippen MR) is 260 cm³/mol. The molecule has 0 aromatic heterocycles. The van der Waals surface area contributed by atoms with Gasteiger partial charge in [0.1, 0.15) is 42.7 Å². The molecule has 2 aliphatic heterocycles. The quantitative estimate of drug-likeness (QED) is 0.0486. The van der Waals surface area contributed by atoms with Gasteiger partial charge >= 0.3 is 5.97 Å². The van der Waals surface area contributed by atoms with Crippen LogP contribution in [0.1, 0.15) is 33.9 Å². The zero-order valence-electron chi connectivity index (χ0n) is 38.8. The van der Waals surface area contributed by atoms with E-state index in [-0.39, 0.29) is 33.0 Å². The number of carbonyl (C=O) groups excluding carboxylic acids is 1. The number of hydrogen-bond acceptors (Lipinski definition) is 13. The summed E-state index contributed by atoms with van der Waals surface area (Å²) in [5, 5.41) is 12.7. The highest BCUT2D eigenvalue weighted by molar-refractivity contribution is 7.99. The molecule has 0 amide bonds. The molecule has 6 aromatic carbocycles. The first-order chi connectivity index (χ1) is 34.0. The smallest absolute Gasteiger partial charge is 0.337 e. The lowest BCUT2D eigenvalue weighted by Crippen LogP contribution is -2.66. The largest absolute Gasteiger partial charge is 0.467 e. The Kier molecular flexibility index (Phi) is 19.0. The molecule has 6 aromatic rings. The fraction of sp³-hybridized carbons (Fsp3) is 0.339. The van der Waals surface area contributed by atoms with E-state index in [0.29, 0.717) is 5.75 Å². The maximum atomic E-state index is 13.9. The third-order valence-electron chi connectivity index (χ3n) is 12.0. The van der Waals surface area contributed by atoms with E-state index >= 15 is 0 Å². The molecule has 1 N–H and O–H groups in total. The van der Waals surface area contributed by atoms with Crippen LogP contribution >= 0.6 is 11.8 Å². The Balaban J connectivity index is 1.18. The summed E-state index contributed by atoms with van der Waals surface area (Å²) in [5.41, 5.74) is 4.49. The molecule has 11 atom stereocenters. The van der Waals surface area contributed by atoms with E-state index in [1.807, 2.05) is 182 Å². The molecule has 13 heteroatoms. The van der Waals surface area contributed by atoms with Gasteiger partial charge in [0.05, 0.1) is 46.2 Å². The van der Waals surface area contributed by atoms with E-state index in [4.69, 9.17) is 47.4 Å². The maximum absolute atomic E-state index is 13.9. The van der Waals surface area contributed by atoms with Crippen molar-refractivity contribution >= 4 is 17.7 Å². The minimum atomic E-state index is -1.48. The minimum Gasteiger partial charge on any atom is -0.467 e. The van der Waals surface area contributed by atoms with E-state index in [9.17, 15) is 9.90 Å². The van der Waals surface area contributed by atoms with Gasteiger partial charge in [-0.15, -0.1) is 11.8 Å². The Morgan fingerprint density at radius 2 is 1.03 bits per heavy atom. The van der Waals surface area contributed by atoms with Gasteiger partial charge in [-0.2, -0.15) is 0 Å². The van der Waals surface area contributed by atoms with Crippen LogP contribution in [-0.4, -0.2) is 99.1 Å². The standard InChI is InChI=1S/C56H60O12S/c1-59-54(58)52-49(62-34-40-23-11-4-12-24-40)47(57)50(65-46(43-29-17-7-18-30-43)38-69-44-31-19-8-20-32-44)56(68-52)67-48-45(37-61-33-39-21-9-3-10-22-39)66-55(60-2)53(64-36-42-27-15-6-16-28-42)51(48)63-35-41-25-13-5-14-26-41/h3-32,45-53,55-57H,33-38H2,1-2H3/t45-,46-,47+,48-,49+,50+,51+,52+,53-,55+,56-/m1/s1. The third-order valence-corrected chi connectivity index (χ3v) is 13.0. The SMILES string of the molecule is COC(=O)[C@H]1O[C@@H](O[C@H]2[C@H](OCc3ccccc3)[C@@H](OCc3ccccc3)[C@@H](OC)O[C@@H]2COCc2ccccc2)[C@@H](O[C@H](CSc2ccccc2)c2ccccc2)[C@@H](O)[C@@H]1OCc1ccccc1. The molecule has 362 valence electrons. The molecule has 2 fully saturated rings. The second-order valence-corrected chi connectivity index (χ2v) is 17.8. The van der Waals surface area contributed by atoms with E-state index in [1.54, 1.807) is 18.9 Å². The molecule has 2 heterocycles. The Hall–Kier alpha value is -5.26. The number of aliphatic hydroxyl groups is 1. The van der Waals surface area contributed by atoms with Gasteiger partial charge in [-0.05, 0) is 39.9 Å². The van der Waals surface area contributed by atoms with Gasteiger partial charge in [-0.25, -0.2) is 4.79 Å². The molecule has 0 unspecified atom stereocenters. The van der Waals surface area contributed by atoms with Gasteiger partial charge in [0.25, 0.3) is 0 Å². The summed E-state index contributed by atoms with van der Waals surface area (Å²) < 4.78 is 65.6. The van der Waals surface area contributed by atoms with E-state index in [0.717, 1.165) is 32.7 Å². The highest BCUT2D eigenvalue weighted by atomic mass is 32.2. The first kappa shape index (κ1) is 50.1. The number of esters is 1. The molecule has 69 heavy (non-hydrogen) atoms. The lowest BCUT2D eigenvalue weighted by molar-refractivity contribution is -0.370. The number of hydrogen-bond donors (Lipinski definition) is 1. The zero-order chi connectivity index (χ0) is 47.6. The topological polar surface area (TPSA) is 130 Å². The molecule has 2 aliphatic rings. The lowest BCUT2D eigenvalue weighted by Gasteiger charge is -2.49. The van der Waals surface area contributed by atoms with Crippen molar-refractivity contribution in [2.75, 3.05) is 26.6 Å². The summed E-state index contributed by atoms with van der Waals surface area (Å²) in [5.74, 6) is -0.308. The zero-order valence-corrected chi connectivity index (χ0v) is 39.6. The predicted octanol–water partition coefficient (Wildman–Crippen LogP) is 8.89. The van der Waals surface area contributed by atoms with Crippen LogP contribution in [-0.2, 0) is 78.6 Å². The number of carbonyl (C=O) groups is 1. The van der Waals surface area contributed by atoms with Crippen molar-refractivity contribution in [3.05, 3.63) is 210 Å². The average Bonchev–Trinajstić information content (AvgIpc) is 3.41. The van der Waals surface area contributed by atoms with Gasteiger partial charge in [-0.3, -0.25) is 0 Å². The Morgan fingerprint density at radius 1 is 0.551 bits per heavy atom. The second kappa shape index (κ2) is 26.1. The van der Waals surface area contributed by atoms with Gasteiger partial charge in [0.15, 0.2) is 18.7 Å². The summed E-state index contributed by atoms with van der Waals surface area (Å²) in [6, 6.07) is 58.6. The number of aliphatic hydroxyl groups excluding tert-OH is 1. The van der Waals surface area contributed by atoms with Crippen LogP contribution in [0.3, 0.4) is 0 Å². The Labute approximate surface area is 408 Å². The van der Waals surface area contributed by atoms with Gasteiger partial charge in [-0.1, -0.05) is 170 Å². The Bertz CT molecular complexity index is 2370. The highest BCUT2D eigenvalue weighted by Crippen LogP contribution is 2.38. The normalized spacial score (nSPS) is 25.1. The maximum Gasteiger partial charge on any atom is 0.337 e. The van der Waals surface area contributed by atoms with E-state index in [1.165, 1.54) is 7.11 Å². The molecule has 0 bridgehead atoms. The molecule has 0 saturated carbocycles. The van der Waals surface area contributed by atoms with Gasteiger partial charge < -0.3 is 52.5 Å². The molecule has 2 saturated heterocycles. The Morgan fingerprint density at radius 3 is 1.55 bits per heavy atom. The van der Waals surface area contributed by atoms with Crippen LogP contribution in [0, 0.1) is 0 Å². The molecule has 0 aliphatic carbocycles. The number of ether oxygens (including phenoxy) is 10. The molecule has 0 spiro atoms. The lowest BCUT2D eigenvalue weighted by atomic mass is 9.95. The molecular formula is C56H60O12S. The summed E-state index contributed by atoms with van der Waals surface area (Å²) in [6.07, 6.45) is -12.0. The number of benzene rings is 6. The monoisotopic (exact) mass is 956 g/mol. The summed E-state index contributed by atoms with van der Waals surface area (Å²) in [4.78, 5) is 14.9. The van der Waals surface area contributed by atoms with Crippen LogP contribution in [0.5, 0.6) is 0 Å². The summed E-state index contributed by atoms with van der Waals surface area (Å²) >= 11 is 1.61. The number of thioether (sulfide) groups is 1. The van der Waals surface area contributed by atoms with Crippen molar-refractivity contribution in [2.24, 2.45) is 0 Å². The first-order valence-corrected chi connectivity index (χ1v) is 24.2. The number of rotatable bonds is 23. The molecule has 12 nitrogen and oxygen atoms in total. The van der Waals surface area contributed by atoms with Crippen LogP contribution < -0.4 is 0 Å². The highest BCUT2D eigenvalue weighted by Gasteiger charge is 2.55. The summed E-state index contributed by atoms with van der Waals surface area (Å²) in [6.45, 7) is 0.748. The third kappa shape index (κ3) is 14.0. The van der Waals surface area contributed by atoms with Crippen LogP contribution in [0.4, 0.5) is 0 Å². The van der Waals surface area contributed by atoms with Crippen molar-refractivity contribution < 1.29 is 57.3 Å². The summed E-state index contributed by atoms with van der Waals surface area (Å²) in [7, 11) is 2.82. The fourth-order valence-electron chi connectivity index (χ4n) is 8.39. The van der Waals surface area contributed by atoms with Gasteiger partial charge in [0, 0.05) is 17.8 Å². The van der Waals surface area contributed by atoms with E-state index in [2.05, 4.69) is 0 Å². The first-order valence-electron chi connectivity index (χ1n) is 23.2. The van der Waals surface area contributed by atoms with Gasteiger partial charge in [0.2, 0.25) is 0 Å². The molecule has 8 rings (SSSR count). The van der Waals surface area contributed by atoms with Crippen LogP contribution in [0.2, 0.25) is 0 Å². The van der Waals surface area contributed by atoms with Crippen molar-refractivity contribution in [3.8, 4) is 0 Å². The average molecular weight is 957 g/mol. The van der Waals surface area contributed by atoms with Crippen molar-refractivity contribution in [1.29, 1.82) is 0 Å². The number of methoxy groups -OCH3 is 2. The second-order valence-electron chi connectivity index (χ2n) is 16.7. The van der Waals surface area contributed by atoms with Crippen LogP contribution in [0.15, 0.2) is 187 Å². The van der Waals surface area contributed by atoms with Crippen LogP contribution in [0.25, 0.3) is 0 Å². The van der Waals surface area contributed by atoms with Crippen molar-refractivity contribution in [2.45, 2.75) is 98.8 Å². The van der Waals surface area contributed by atoms with E-state index < -0.39 is 73.5 Å². The van der Waals surface area contributed by atoms with Crippen molar-refractivity contribution in [3.63, 3.8) is 0 Å². The fourth-order valence-corrected chi connectivity index (χ4v) is 9.35. The molecular weight excluding hydrogens is 897 g/mol. The van der Waals surface area contributed by atoms with Crippen molar-refractivity contribution in [1.82, 2.24) is 0 Å². The minimum absolute atomic E-state index is 0.0282. The molecule has 0 radical (unpaired) electrons.